The summed E-state index contributed by atoms with van der Waals surface area (Å²) in [6, 6.07) is 11.5. The minimum absolute atomic E-state index is 0.0911. The summed E-state index contributed by atoms with van der Waals surface area (Å²) in [5.74, 6) is 0.0911. The average molecular weight is 294 g/mol. The first-order chi connectivity index (χ1) is 9.08. The van der Waals surface area contributed by atoms with Crippen molar-refractivity contribution in [2.24, 2.45) is 0 Å². The molecule has 2 rings (SSSR count). The van der Waals surface area contributed by atoms with E-state index in [-0.39, 0.29) is 11.8 Å². The summed E-state index contributed by atoms with van der Waals surface area (Å²) < 4.78 is 0. The molecule has 19 heavy (non-hydrogen) atoms. The first kappa shape index (κ1) is 14.3. The molecule has 0 saturated carbocycles. The van der Waals surface area contributed by atoms with E-state index in [0.717, 1.165) is 0 Å². The van der Waals surface area contributed by atoms with Crippen LogP contribution in [0.5, 0.6) is 0 Å². The van der Waals surface area contributed by atoms with Gasteiger partial charge >= 0.3 is 0 Å². The van der Waals surface area contributed by atoms with Crippen molar-refractivity contribution in [1.82, 2.24) is 4.90 Å². The molecule has 0 spiro atoms. The van der Waals surface area contributed by atoms with Gasteiger partial charge in [0.15, 0.2) is 5.78 Å². The van der Waals surface area contributed by atoms with Crippen molar-refractivity contribution in [3.63, 3.8) is 0 Å². The van der Waals surface area contributed by atoms with Crippen molar-refractivity contribution in [2.75, 3.05) is 13.6 Å². The lowest BCUT2D eigenvalue weighted by Gasteiger charge is -2.23. The number of likely N-dealkylation sites (N-methyl/N-ethyl adjacent to an activating group) is 1. The van der Waals surface area contributed by atoms with Gasteiger partial charge in [0.25, 0.3) is 0 Å². The van der Waals surface area contributed by atoms with Crippen LogP contribution in [0.25, 0.3) is 0 Å². The lowest BCUT2D eigenvalue weighted by molar-refractivity contribution is 0.0926. The van der Waals surface area contributed by atoms with Crippen LogP contribution in [-0.4, -0.2) is 24.3 Å². The monoisotopic (exact) mass is 293 g/mol. The molecule has 2 nitrogen and oxygen atoms in total. The molecular formula is C15H16ClNOS. The van der Waals surface area contributed by atoms with Crippen LogP contribution in [0.2, 0.25) is 5.02 Å². The van der Waals surface area contributed by atoms with Crippen LogP contribution < -0.4 is 0 Å². The number of benzene rings is 1. The molecule has 1 heterocycles. The van der Waals surface area contributed by atoms with Gasteiger partial charge in [-0.15, -0.1) is 11.3 Å². The van der Waals surface area contributed by atoms with E-state index in [1.54, 1.807) is 35.6 Å². The van der Waals surface area contributed by atoms with E-state index in [0.29, 0.717) is 17.1 Å². The zero-order chi connectivity index (χ0) is 13.8. The molecule has 0 saturated heterocycles. The molecule has 0 bridgehead atoms. The fourth-order valence-electron chi connectivity index (χ4n) is 1.86. The standard InChI is InChI=1S/C15H16ClNOS/c1-11(15-7-4-8-19-15)17(2)10-14(18)12-5-3-6-13(16)9-12/h3-9,11H,10H2,1-2H3. The summed E-state index contributed by atoms with van der Waals surface area (Å²) in [7, 11) is 1.97. The van der Waals surface area contributed by atoms with E-state index in [1.807, 2.05) is 13.1 Å². The van der Waals surface area contributed by atoms with Gasteiger partial charge in [0.2, 0.25) is 0 Å². The molecule has 0 radical (unpaired) electrons. The number of hydrogen-bond donors (Lipinski definition) is 0. The summed E-state index contributed by atoms with van der Waals surface area (Å²) >= 11 is 7.62. The normalized spacial score (nSPS) is 12.6. The van der Waals surface area contributed by atoms with Crippen molar-refractivity contribution >= 4 is 28.7 Å². The van der Waals surface area contributed by atoms with Crippen molar-refractivity contribution in [3.8, 4) is 0 Å². The predicted octanol–water partition coefficient (Wildman–Crippen LogP) is 4.28. The molecule has 0 aliphatic heterocycles. The fraction of sp³-hybridized carbons (Fsp3) is 0.267. The van der Waals surface area contributed by atoms with Crippen LogP contribution in [-0.2, 0) is 0 Å². The van der Waals surface area contributed by atoms with Crippen molar-refractivity contribution in [2.45, 2.75) is 13.0 Å². The average Bonchev–Trinajstić information content (AvgIpc) is 2.91. The third kappa shape index (κ3) is 3.66. The minimum atomic E-state index is 0.0911. The molecule has 0 aliphatic rings. The number of halogens is 1. The third-order valence-electron chi connectivity index (χ3n) is 3.16. The second kappa shape index (κ2) is 6.33. The van der Waals surface area contributed by atoms with Gasteiger partial charge in [-0.05, 0) is 37.6 Å². The molecule has 1 aromatic heterocycles. The second-order valence-electron chi connectivity index (χ2n) is 4.54. The van der Waals surface area contributed by atoms with Crippen molar-refractivity contribution in [3.05, 3.63) is 57.2 Å². The van der Waals surface area contributed by atoms with E-state index in [4.69, 9.17) is 11.6 Å². The maximum atomic E-state index is 12.2. The van der Waals surface area contributed by atoms with E-state index in [1.165, 1.54) is 4.88 Å². The Hall–Kier alpha value is -1.16. The van der Waals surface area contributed by atoms with Gasteiger partial charge in [-0.2, -0.15) is 0 Å². The molecule has 1 atom stereocenters. The summed E-state index contributed by atoms with van der Waals surface area (Å²) in [6.45, 7) is 2.50. The van der Waals surface area contributed by atoms with Gasteiger partial charge < -0.3 is 0 Å². The van der Waals surface area contributed by atoms with E-state index < -0.39 is 0 Å². The molecule has 0 N–H and O–H groups in total. The molecule has 1 unspecified atom stereocenters. The Labute approximate surface area is 122 Å². The van der Waals surface area contributed by atoms with Gasteiger partial charge in [0.1, 0.15) is 0 Å². The van der Waals surface area contributed by atoms with Gasteiger partial charge in [0.05, 0.1) is 6.54 Å². The van der Waals surface area contributed by atoms with Crippen LogP contribution in [0, 0.1) is 0 Å². The summed E-state index contributed by atoms with van der Waals surface area (Å²) in [5.41, 5.74) is 0.665. The van der Waals surface area contributed by atoms with Crippen LogP contribution in [0.1, 0.15) is 28.2 Å². The minimum Gasteiger partial charge on any atom is -0.293 e. The predicted molar refractivity (Wildman–Crippen MR) is 81.1 cm³/mol. The maximum Gasteiger partial charge on any atom is 0.176 e. The highest BCUT2D eigenvalue weighted by Gasteiger charge is 2.16. The lowest BCUT2D eigenvalue weighted by Crippen LogP contribution is -2.28. The first-order valence-corrected chi connectivity index (χ1v) is 7.36. The zero-order valence-corrected chi connectivity index (χ0v) is 12.5. The topological polar surface area (TPSA) is 20.3 Å². The molecule has 1 aromatic carbocycles. The second-order valence-corrected chi connectivity index (χ2v) is 5.96. The van der Waals surface area contributed by atoms with Crippen LogP contribution in [0.4, 0.5) is 0 Å². The number of hydrogen-bond acceptors (Lipinski definition) is 3. The molecule has 4 heteroatoms. The highest BCUT2D eigenvalue weighted by atomic mass is 35.5. The molecule has 0 fully saturated rings. The van der Waals surface area contributed by atoms with E-state index in [2.05, 4.69) is 23.3 Å². The Bertz CT molecular complexity index is 553. The highest BCUT2D eigenvalue weighted by Crippen LogP contribution is 2.23. The van der Waals surface area contributed by atoms with Crippen LogP contribution in [0.15, 0.2) is 41.8 Å². The number of ketones is 1. The summed E-state index contributed by atoms with van der Waals surface area (Å²) in [4.78, 5) is 15.5. The number of Topliss-reactive ketones (excluding diaryl/α,β-unsaturated/α-hetero) is 1. The summed E-state index contributed by atoms with van der Waals surface area (Å²) in [5, 5.41) is 2.65. The van der Waals surface area contributed by atoms with Crippen molar-refractivity contribution < 1.29 is 4.79 Å². The Balaban J connectivity index is 2.03. The quantitative estimate of drug-likeness (QED) is 0.767. The van der Waals surface area contributed by atoms with Crippen LogP contribution >= 0.6 is 22.9 Å². The number of thiophene rings is 1. The van der Waals surface area contributed by atoms with E-state index in [9.17, 15) is 4.79 Å². The summed E-state index contributed by atoms with van der Waals surface area (Å²) in [6.07, 6.45) is 0. The Morgan fingerprint density at radius 2 is 2.16 bits per heavy atom. The smallest absolute Gasteiger partial charge is 0.176 e. The Morgan fingerprint density at radius 3 is 2.79 bits per heavy atom. The Kier molecular flexibility index (Phi) is 4.75. The number of nitrogens with zero attached hydrogens (tertiary/aromatic N) is 1. The molecule has 0 amide bonds. The van der Waals surface area contributed by atoms with Gasteiger partial charge in [-0.1, -0.05) is 29.8 Å². The number of carbonyl (C=O) groups is 1. The molecular weight excluding hydrogens is 278 g/mol. The molecule has 100 valence electrons. The zero-order valence-electron chi connectivity index (χ0n) is 11.0. The maximum absolute atomic E-state index is 12.2. The van der Waals surface area contributed by atoms with Gasteiger partial charge in [0, 0.05) is 21.5 Å². The third-order valence-corrected chi connectivity index (χ3v) is 4.43. The lowest BCUT2D eigenvalue weighted by atomic mass is 10.1. The molecule has 0 aliphatic carbocycles. The van der Waals surface area contributed by atoms with Gasteiger partial charge in [-0.25, -0.2) is 0 Å². The largest absolute Gasteiger partial charge is 0.293 e. The number of carbonyl (C=O) groups excluding carboxylic acids is 1. The fourth-order valence-corrected chi connectivity index (χ4v) is 2.90. The first-order valence-electron chi connectivity index (χ1n) is 6.10. The number of rotatable bonds is 5. The van der Waals surface area contributed by atoms with E-state index >= 15 is 0 Å². The SMILES string of the molecule is CC(c1cccs1)N(C)CC(=O)c1cccc(Cl)c1. The van der Waals surface area contributed by atoms with Gasteiger partial charge in [-0.3, -0.25) is 9.69 Å². The Morgan fingerprint density at radius 1 is 1.37 bits per heavy atom. The highest BCUT2D eigenvalue weighted by molar-refractivity contribution is 7.10. The van der Waals surface area contributed by atoms with Crippen LogP contribution in [0.3, 0.4) is 0 Å². The van der Waals surface area contributed by atoms with Crippen molar-refractivity contribution in [1.29, 1.82) is 0 Å². The molecule has 2 aromatic rings.